The second-order valence-electron chi connectivity index (χ2n) is 16.0. The van der Waals surface area contributed by atoms with Crippen molar-refractivity contribution >= 4 is 160 Å². The molecule has 0 aliphatic heterocycles. The predicted octanol–water partition coefficient (Wildman–Crippen LogP) is 12.3. The van der Waals surface area contributed by atoms with Crippen LogP contribution in [0.1, 0.15) is 45.7 Å². The fourth-order valence-electron chi connectivity index (χ4n) is 7.24. The summed E-state index contributed by atoms with van der Waals surface area (Å²) in [5, 5.41) is 47.9. The first-order chi connectivity index (χ1) is 35.2. The number of fused-ring (bicyclic) bond motifs is 2. The van der Waals surface area contributed by atoms with Gasteiger partial charge in [0.2, 0.25) is 0 Å². The first-order valence-electron chi connectivity index (χ1n) is 22.1. The second kappa shape index (κ2) is 25.0. The number of ether oxygens (including phenoxy) is 2. The van der Waals surface area contributed by atoms with E-state index < -0.39 is 53.3 Å². The zero-order chi connectivity index (χ0) is 53.5. The molecule has 0 aromatic heterocycles. The number of benzene rings is 8. The molecule has 0 heterocycles. The number of amides is 2. The van der Waals surface area contributed by atoms with Gasteiger partial charge in [-0.15, -0.1) is 15.3 Å². The summed E-state index contributed by atoms with van der Waals surface area (Å²) in [6, 6.07) is 34.7. The minimum Gasteiger partial charge on any atom is -0.870 e. The normalized spacial score (nSPS) is 11.5. The summed E-state index contributed by atoms with van der Waals surface area (Å²) in [7, 11) is -9.60. The van der Waals surface area contributed by atoms with Gasteiger partial charge in [0.1, 0.15) is 43.6 Å². The van der Waals surface area contributed by atoms with Gasteiger partial charge in [-0.2, -0.15) is 13.5 Å². The van der Waals surface area contributed by atoms with Crippen molar-refractivity contribution < 1.29 is 55.2 Å². The second-order valence-corrected chi connectivity index (χ2v) is 19.5. The molecule has 8 aromatic rings. The molecule has 0 saturated carbocycles. The van der Waals surface area contributed by atoms with Crippen molar-refractivity contribution in [1.82, 2.24) is 0 Å². The van der Waals surface area contributed by atoms with Crippen LogP contribution in [0.25, 0.3) is 21.5 Å². The molecule has 4 N–H and O–H groups in total. The van der Waals surface area contributed by atoms with E-state index in [1.165, 1.54) is 24.3 Å². The largest absolute Gasteiger partial charge is 2.00 e. The first kappa shape index (κ1) is 57.9. The van der Waals surface area contributed by atoms with Crippen LogP contribution in [0.3, 0.4) is 0 Å². The van der Waals surface area contributed by atoms with Gasteiger partial charge in [0.25, 0.3) is 21.9 Å². The summed E-state index contributed by atoms with van der Waals surface area (Å²) in [4.78, 5) is 24.9. The number of aromatic hydroxyl groups is 1. The maximum atomic E-state index is 13.3. The van der Waals surface area contributed by atoms with Crippen LogP contribution in [0.4, 0.5) is 34.1 Å². The van der Waals surface area contributed by atoms with Crippen molar-refractivity contribution in [3.8, 4) is 23.0 Å². The molecule has 0 aliphatic carbocycles. The Kier molecular flexibility index (Phi) is 19.3. The number of phenolic OH excluding ortho intramolecular Hbond substituents is 1. The van der Waals surface area contributed by atoms with Crippen molar-refractivity contribution in [3.63, 3.8) is 0 Å². The molecule has 380 valence electrons. The molecule has 2 amide bonds. The molecule has 18 nitrogen and oxygen atoms in total. The monoisotopic (exact) mass is 1210 g/mol. The van der Waals surface area contributed by atoms with Gasteiger partial charge in [-0.3, -0.25) is 14.1 Å². The molecular formula is C52H42BaCl2N6O12S2. The van der Waals surface area contributed by atoms with E-state index in [1.807, 2.05) is 13.8 Å². The number of rotatable bonds is 14. The molecule has 0 atom stereocenters. The number of azo groups is 2. The quantitative estimate of drug-likeness (QED) is 0.0449. The third-order valence-corrected chi connectivity index (χ3v) is 13.4. The van der Waals surface area contributed by atoms with Crippen molar-refractivity contribution in [1.29, 1.82) is 0 Å². The summed E-state index contributed by atoms with van der Waals surface area (Å²) in [6.45, 7) is 7.96. The SMILES string of the molecule is CCOc1ccc(NC(=O)c2cc3ccccc3c(N=Nc3cc(C)c(Cl)cc3S(=O)(=O)O)c2O)cc1.CCOc1ccc(NC(=O)c2cc3ccccc3c(N=Nc3cc(C)c(Cl)cc3S(=O)(=O)[O-])c2[O-])cc1.[Ba+2]. The van der Waals surface area contributed by atoms with Gasteiger partial charge < -0.3 is 34.9 Å². The van der Waals surface area contributed by atoms with Gasteiger partial charge in [-0.25, -0.2) is 8.42 Å². The van der Waals surface area contributed by atoms with Crippen LogP contribution in [0.2, 0.25) is 10.0 Å². The molecule has 8 aromatic carbocycles. The minimum atomic E-state index is -4.93. The Labute approximate surface area is 481 Å². The van der Waals surface area contributed by atoms with Crippen LogP contribution < -0.4 is 25.2 Å². The maximum absolute atomic E-state index is 13.3. The number of halogens is 2. The Balaban J connectivity index is 0.000000241. The summed E-state index contributed by atoms with van der Waals surface area (Å²) >= 11 is 12.0. The third-order valence-electron chi connectivity index (χ3n) is 10.8. The molecule has 23 heteroatoms. The van der Waals surface area contributed by atoms with Gasteiger partial charge in [0, 0.05) is 37.8 Å². The Morgan fingerprint density at radius 1 is 0.600 bits per heavy atom. The number of carbonyl (C=O) groups is 2. The Morgan fingerprint density at radius 2 is 1.01 bits per heavy atom. The zero-order valence-corrected chi connectivity index (χ0v) is 47.7. The van der Waals surface area contributed by atoms with Crippen molar-refractivity contribution in [2.24, 2.45) is 20.5 Å². The Bertz CT molecular complexity index is 3530. The van der Waals surface area contributed by atoms with E-state index in [9.17, 15) is 45.7 Å². The average molecular weight is 1220 g/mol. The Hall–Kier alpha value is -6.41. The van der Waals surface area contributed by atoms with E-state index >= 15 is 0 Å². The summed E-state index contributed by atoms with van der Waals surface area (Å²) in [5.41, 5.74) is 0.945. The van der Waals surface area contributed by atoms with Crippen molar-refractivity contribution in [2.75, 3.05) is 23.8 Å². The van der Waals surface area contributed by atoms with Crippen LogP contribution in [0.5, 0.6) is 23.0 Å². The van der Waals surface area contributed by atoms with E-state index in [0.29, 0.717) is 68.8 Å². The number of nitrogens with zero attached hydrogens (tertiary/aromatic N) is 4. The standard InChI is InChI=1S/2C26H22ClN3O6S.Ba/c2*1-3-36-18-10-8-17(9-11-18)28-26(32)20-13-16-6-4-5-7-19(16)24(25(20)31)30-29-22-12-15(2)21(27)14-23(22)37(33,34)35;/h2*4-14,31H,3H2,1-2H3,(H,28,32)(H,33,34,35);/q;;+2/p-2. The molecule has 8 rings (SSSR count). The van der Waals surface area contributed by atoms with E-state index in [-0.39, 0.29) is 92.8 Å². The molecule has 0 radical (unpaired) electrons. The molecule has 0 fully saturated rings. The maximum Gasteiger partial charge on any atom is 2.00 e. The number of nitrogens with one attached hydrogen (secondary N) is 2. The van der Waals surface area contributed by atoms with Crippen molar-refractivity contribution in [2.45, 2.75) is 37.5 Å². The first-order valence-corrected chi connectivity index (χ1v) is 25.7. The van der Waals surface area contributed by atoms with Crippen LogP contribution in [-0.4, -0.2) is 105 Å². The topological polar surface area (TPSA) is 281 Å². The smallest absolute Gasteiger partial charge is 0.870 e. The molecule has 0 unspecified atom stereocenters. The number of anilines is 2. The van der Waals surface area contributed by atoms with Gasteiger partial charge in [-0.05, 0) is 135 Å². The summed E-state index contributed by atoms with van der Waals surface area (Å²) in [6.07, 6.45) is 0. The number of hydrogen-bond donors (Lipinski definition) is 4. The van der Waals surface area contributed by atoms with Gasteiger partial charge >= 0.3 is 48.9 Å². The Morgan fingerprint density at radius 3 is 1.48 bits per heavy atom. The summed E-state index contributed by atoms with van der Waals surface area (Å²) < 4.78 is 79.4. The number of phenols is 1. The van der Waals surface area contributed by atoms with Crippen LogP contribution in [0.15, 0.2) is 164 Å². The number of hydrogen-bond acceptors (Lipinski definition) is 15. The minimum absolute atomic E-state index is 0. The molecule has 0 saturated heterocycles. The van der Waals surface area contributed by atoms with E-state index in [4.69, 9.17) is 32.7 Å². The van der Waals surface area contributed by atoms with E-state index in [2.05, 4.69) is 31.1 Å². The van der Waals surface area contributed by atoms with Gasteiger partial charge in [0.15, 0.2) is 5.75 Å². The van der Waals surface area contributed by atoms with Gasteiger partial charge in [0.05, 0.1) is 29.4 Å². The average Bonchev–Trinajstić information content (AvgIpc) is 3.35. The van der Waals surface area contributed by atoms with Crippen LogP contribution in [-0.2, 0) is 20.2 Å². The predicted molar refractivity (Wildman–Crippen MR) is 284 cm³/mol. The summed E-state index contributed by atoms with van der Waals surface area (Å²) in [5.74, 6) is -1.15. The molecule has 0 aliphatic rings. The zero-order valence-electron chi connectivity index (χ0n) is 40.2. The van der Waals surface area contributed by atoms with Crippen LogP contribution in [0, 0.1) is 13.8 Å². The van der Waals surface area contributed by atoms with E-state index in [1.54, 1.807) is 111 Å². The van der Waals surface area contributed by atoms with Crippen molar-refractivity contribution in [3.05, 3.63) is 166 Å². The molecule has 0 spiro atoms. The number of aryl methyl sites for hydroxylation is 2. The molecular weight excluding hydrogens is 1170 g/mol. The van der Waals surface area contributed by atoms with E-state index in [0.717, 1.165) is 12.1 Å². The third kappa shape index (κ3) is 14.1. The van der Waals surface area contributed by atoms with Crippen LogP contribution >= 0.6 is 23.2 Å². The fourth-order valence-corrected chi connectivity index (χ4v) is 8.94. The number of carbonyl (C=O) groups excluding carboxylic acids is 2. The van der Waals surface area contributed by atoms with Gasteiger partial charge in [-0.1, -0.05) is 77.5 Å². The molecule has 75 heavy (non-hydrogen) atoms. The fraction of sp³-hybridized carbons (Fsp3) is 0.115. The molecule has 0 bridgehead atoms.